The molecule has 2 amide bonds. The number of amides is 2. The Balaban J connectivity index is 1.42. The molecule has 0 unspecified atom stereocenters. The predicted octanol–water partition coefficient (Wildman–Crippen LogP) is 2.62. The molecule has 0 aliphatic heterocycles. The lowest BCUT2D eigenvalue weighted by molar-refractivity contribution is -0.120. The van der Waals surface area contributed by atoms with Gasteiger partial charge in [0.1, 0.15) is 5.76 Å². The van der Waals surface area contributed by atoms with Crippen LogP contribution in [0.4, 0.5) is 5.13 Å². The van der Waals surface area contributed by atoms with Crippen molar-refractivity contribution >= 4 is 28.3 Å². The van der Waals surface area contributed by atoms with Gasteiger partial charge >= 0.3 is 0 Å². The van der Waals surface area contributed by atoms with E-state index >= 15 is 0 Å². The topological polar surface area (TPSA) is 113 Å². The van der Waals surface area contributed by atoms with Crippen molar-refractivity contribution in [2.45, 2.75) is 33.1 Å². The summed E-state index contributed by atoms with van der Waals surface area (Å²) in [6.45, 7) is 4.30. The van der Waals surface area contributed by atoms with Crippen molar-refractivity contribution in [3.8, 4) is 0 Å². The van der Waals surface area contributed by atoms with Gasteiger partial charge in [-0.05, 0) is 38.3 Å². The summed E-state index contributed by atoms with van der Waals surface area (Å²) in [7, 11) is 0. The minimum absolute atomic E-state index is 0.0900. The average molecular weight is 387 g/mol. The summed E-state index contributed by atoms with van der Waals surface area (Å²) < 4.78 is 5.12. The smallest absolute Gasteiger partial charge is 0.260 e. The molecule has 0 aromatic carbocycles. The van der Waals surface area contributed by atoms with Crippen molar-refractivity contribution < 1.29 is 14.0 Å². The normalized spacial score (nSPS) is 10.7. The molecule has 0 radical (unpaired) electrons. The van der Waals surface area contributed by atoms with Gasteiger partial charge in [-0.1, -0.05) is 0 Å². The predicted molar refractivity (Wildman–Crippen MR) is 102 cm³/mol. The second-order valence-corrected chi connectivity index (χ2v) is 7.00. The Morgan fingerprint density at radius 3 is 2.89 bits per heavy atom. The molecule has 3 rings (SSSR count). The molecule has 0 aliphatic rings. The molecule has 0 bridgehead atoms. The number of thiazole rings is 1. The quantitative estimate of drug-likeness (QED) is 0.514. The van der Waals surface area contributed by atoms with Crippen molar-refractivity contribution in [3.05, 3.63) is 52.2 Å². The van der Waals surface area contributed by atoms with Crippen LogP contribution >= 0.6 is 11.3 Å². The van der Waals surface area contributed by atoms with E-state index in [1.54, 1.807) is 18.4 Å². The van der Waals surface area contributed by atoms with E-state index in [0.29, 0.717) is 28.7 Å². The molecule has 3 heterocycles. The molecule has 3 N–H and O–H groups in total. The maximum Gasteiger partial charge on any atom is 0.260 e. The Hall–Kier alpha value is -2.94. The molecule has 0 saturated heterocycles. The molecule has 0 saturated carbocycles. The second kappa shape index (κ2) is 8.63. The first-order valence-corrected chi connectivity index (χ1v) is 9.46. The molecule has 8 nitrogen and oxygen atoms in total. The van der Waals surface area contributed by atoms with E-state index in [-0.39, 0.29) is 18.2 Å². The third-order valence-electron chi connectivity index (χ3n) is 4.10. The van der Waals surface area contributed by atoms with E-state index < -0.39 is 0 Å². The van der Waals surface area contributed by atoms with Gasteiger partial charge in [-0.15, -0.1) is 11.3 Å². The number of aryl methyl sites for hydroxylation is 3. The molecule has 0 aliphatic carbocycles. The standard InChI is InChI=1S/C18H21N5O3S/c1-11-13(9-20-23-11)4-3-6-19-16(24)8-14-10-27-18(21-14)22-17(25)15-5-7-26-12(15)2/h5,7,9-10H,3-4,6,8H2,1-2H3,(H,19,24)(H,20,23)(H,21,22,25). The van der Waals surface area contributed by atoms with E-state index in [9.17, 15) is 9.59 Å². The summed E-state index contributed by atoms with van der Waals surface area (Å²) in [5.41, 5.74) is 3.32. The summed E-state index contributed by atoms with van der Waals surface area (Å²) in [6.07, 6.45) is 5.17. The lowest BCUT2D eigenvalue weighted by Crippen LogP contribution is -2.26. The van der Waals surface area contributed by atoms with Crippen LogP contribution in [0.25, 0.3) is 0 Å². The molecular formula is C18H21N5O3S. The molecule has 0 fully saturated rings. The van der Waals surface area contributed by atoms with Crippen LogP contribution in [0.5, 0.6) is 0 Å². The fourth-order valence-electron chi connectivity index (χ4n) is 2.59. The van der Waals surface area contributed by atoms with Gasteiger partial charge in [-0.2, -0.15) is 5.10 Å². The lowest BCUT2D eigenvalue weighted by Gasteiger charge is -2.04. The van der Waals surface area contributed by atoms with Gasteiger partial charge in [0.05, 0.1) is 30.1 Å². The van der Waals surface area contributed by atoms with Crippen LogP contribution < -0.4 is 10.6 Å². The fourth-order valence-corrected chi connectivity index (χ4v) is 3.30. The summed E-state index contributed by atoms with van der Waals surface area (Å²) in [4.78, 5) is 28.5. The molecule has 142 valence electrons. The third-order valence-corrected chi connectivity index (χ3v) is 4.90. The minimum Gasteiger partial charge on any atom is -0.469 e. The number of nitrogens with one attached hydrogen (secondary N) is 3. The van der Waals surface area contributed by atoms with Gasteiger partial charge in [0.25, 0.3) is 5.91 Å². The van der Waals surface area contributed by atoms with Crippen LogP contribution in [0.15, 0.2) is 28.3 Å². The van der Waals surface area contributed by atoms with E-state index in [1.165, 1.54) is 17.6 Å². The van der Waals surface area contributed by atoms with E-state index in [0.717, 1.165) is 24.1 Å². The first kappa shape index (κ1) is 18.8. The summed E-state index contributed by atoms with van der Waals surface area (Å²) in [5, 5.41) is 14.7. The number of hydrogen-bond donors (Lipinski definition) is 3. The van der Waals surface area contributed by atoms with Crippen LogP contribution in [0.1, 0.15) is 39.5 Å². The number of carbonyl (C=O) groups is 2. The number of anilines is 1. The van der Waals surface area contributed by atoms with Crippen LogP contribution in [-0.4, -0.2) is 33.5 Å². The van der Waals surface area contributed by atoms with Gasteiger partial charge < -0.3 is 9.73 Å². The number of aromatic amines is 1. The molecule has 27 heavy (non-hydrogen) atoms. The summed E-state index contributed by atoms with van der Waals surface area (Å²) in [6, 6.07) is 1.61. The number of carbonyl (C=O) groups excluding carboxylic acids is 2. The van der Waals surface area contributed by atoms with Gasteiger partial charge in [0.15, 0.2) is 5.13 Å². The number of H-pyrrole nitrogens is 1. The molecule has 3 aromatic rings. The number of hydrogen-bond acceptors (Lipinski definition) is 6. The number of nitrogens with zero attached hydrogens (tertiary/aromatic N) is 2. The number of aromatic nitrogens is 3. The van der Waals surface area contributed by atoms with Crippen molar-refractivity contribution in [2.75, 3.05) is 11.9 Å². The first-order valence-electron chi connectivity index (χ1n) is 8.58. The maximum atomic E-state index is 12.1. The van der Waals surface area contributed by atoms with E-state index in [2.05, 4.69) is 25.8 Å². The lowest BCUT2D eigenvalue weighted by atomic mass is 10.1. The Bertz CT molecular complexity index is 927. The van der Waals surface area contributed by atoms with Crippen LogP contribution in [0.2, 0.25) is 0 Å². The largest absolute Gasteiger partial charge is 0.469 e. The van der Waals surface area contributed by atoms with E-state index in [4.69, 9.17) is 4.42 Å². The second-order valence-electron chi connectivity index (χ2n) is 6.14. The van der Waals surface area contributed by atoms with Crippen LogP contribution in [-0.2, 0) is 17.6 Å². The fraction of sp³-hybridized carbons (Fsp3) is 0.333. The van der Waals surface area contributed by atoms with Crippen molar-refractivity contribution in [1.29, 1.82) is 0 Å². The Morgan fingerprint density at radius 1 is 1.33 bits per heavy atom. The highest BCUT2D eigenvalue weighted by atomic mass is 32.1. The zero-order valence-corrected chi connectivity index (χ0v) is 16.0. The van der Waals surface area contributed by atoms with Crippen molar-refractivity contribution in [3.63, 3.8) is 0 Å². The molecule has 0 atom stereocenters. The zero-order chi connectivity index (χ0) is 19.2. The molecular weight excluding hydrogens is 366 g/mol. The summed E-state index contributed by atoms with van der Waals surface area (Å²) >= 11 is 1.29. The third kappa shape index (κ3) is 5.04. The highest BCUT2D eigenvalue weighted by molar-refractivity contribution is 7.14. The zero-order valence-electron chi connectivity index (χ0n) is 15.2. The Labute approximate surface area is 160 Å². The number of rotatable bonds is 8. The maximum absolute atomic E-state index is 12.1. The van der Waals surface area contributed by atoms with Crippen LogP contribution in [0, 0.1) is 13.8 Å². The summed E-state index contributed by atoms with van der Waals surface area (Å²) in [5.74, 6) is 0.184. The SMILES string of the molecule is Cc1[nH]ncc1CCCNC(=O)Cc1csc(NC(=O)c2ccoc2C)n1. The number of furan rings is 1. The van der Waals surface area contributed by atoms with Gasteiger partial charge in [0.2, 0.25) is 5.91 Å². The molecule has 9 heteroatoms. The minimum atomic E-state index is -0.277. The van der Waals surface area contributed by atoms with Crippen molar-refractivity contribution in [1.82, 2.24) is 20.5 Å². The Morgan fingerprint density at radius 2 is 2.19 bits per heavy atom. The van der Waals surface area contributed by atoms with Crippen LogP contribution in [0.3, 0.4) is 0 Å². The van der Waals surface area contributed by atoms with E-state index in [1.807, 2.05) is 13.1 Å². The van der Waals surface area contributed by atoms with Crippen molar-refractivity contribution in [2.24, 2.45) is 0 Å². The first-order chi connectivity index (χ1) is 13.0. The highest BCUT2D eigenvalue weighted by Crippen LogP contribution is 2.18. The molecule has 3 aromatic heterocycles. The van der Waals surface area contributed by atoms with Gasteiger partial charge in [-0.25, -0.2) is 4.98 Å². The monoisotopic (exact) mass is 387 g/mol. The average Bonchev–Trinajstić information content (AvgIpc) is 3.34. The Kier molecular flexibility index (Phi) is 6.02. The van der Waals surface area contributed by atoms with Gasteiger partial charge in [0, 0.05) is 17.6 Å². The van der Waals surface area contributed by atoms with Gasteiger partial charge in [-0.3, -0.25) is 20.0 Å². The molecule has 0 spiro atoms. The highest BCUT2D eigenvalue weighted by Gasteiger charge is 2.14.